The van der Waals surface area contributed by atoms with E-state index in [-0.39, 0.29) is 46.1 Å². The van der Waals surface area contributed by atoms with Crippen molar-refractivity contribution in [2.45, 2.75) is 0 Å². The second-order valence-corrected chi connectivity index (χ2v) is 1.53. The molecule has 0 amide bonds. The fourth-order valence-corrected chi connectivity index (χ4v) is 0.484. The summed E-state index contributed by atoms with van der Waals surface area (Å²) in [5.41, 5.74) is 0.109. The van der Waals surface area contributed by atoms with Gasteiger partial charge in [0.25, 0.3) is 0 Å². The van der Waals surface area contributed by atoms with Crippen LogP contribution in [0.15, 0.2) is 24.5 Å². The number of carbonyl (C=O) groups excluding carboxylic acids is 1. The van der Waals surface area contributed by atoms with Gasteiger partial charge >= 0.3 is 29.6 Å². The fraction of sp³-hybridized carbons (Fsp3) is 0. The maximum Gasteiger partial charge on any atom is 1.00 e. The third kappa shape index (κ3) is 5.22. The predicted octanol–water partition coefficient (Wildman–Crippen LogP) is -5.20. The van der Waals surface area contributed by atoms with Crippen LogP contribution in [0, 0.1) is 0 Å². The Morgan fingerprint density at radius 1 is 1.42 bits per heavy atom. The van der Waals surface area contributed by atoms with Gasteiger partial charge in [-0.15, -0.1) is 0 Å². The molecule has 1 aromatic heterocycles. The first kappa shape index (κ1) is 17.6. The largest absolute Gasteiger partial charge is 1.00 e. The van der Waals surface area contributed by atoms with E-state index in [4.69, 9.17) is 0 Å². The molecule has 1 rings (SSSR count). The van der Waals surface area contributed by atoms with Gasteiger partial charge in [-0.05, 0) is 6.07 Å². The van der Waals surface area contributed by atoms with Crippen LogP contribution in [0.5, 0.6) is 0 Å². The van der Waals surface area contributed by atoms with Crippen LogP contribution in [0.25, 0.3) is 0 Å². The number of hydrogen-bond acceptors (Lipinski definition) is 3. The average molecular weight is 181 g/mol. The number of hydrogen-bond donors (Lipinski definition) is 0. The number of carbonyl (C=O) groups is 1. The number of nitrogens with zero attached hydrogens (tertiary/aromatic N) is 1. The van der Waals surface area contributed by atoms with E-state index in [1.165, 1.54) is 18.5 Å². The van der Waals surface area contributed by atoms with E-state index in [0.29, 0.717) is 0 Å². The Morgan fingerprint density at radius 2 is 2.00 bits per heavy atom. The molecule has 6 heteroatoms. The minimum absolute atomic E-state index is 0. The topological polar surface area (TPSA) is 116 Å². The van der Waals surface area contributed by atoms with Crippen molar-refractivity contribution in [3.05, 3.63) is 30.1 Å². The summed E-state index contributed by atoms with van der Waals surface area (Å²) in [6.07, 6.45) is 2.75. The second kappa shape index (κ2) is 8.63. The van der Waals surface area contributed by atoms with Crippen LogP contribution in [0.2, 0.25) is 0 Å². The molecule has 1 heterocycles. The van der Waals surface area contributed by atoms with E-state index in [0.717, 1.165) is 0 Å². The van der Waals surface area contributed by atoms with Crippen molar-refractivity contribution in [2.24, 2.45) is 0 Å². The number of aromatic nitrogens is 1. The number of aromatic carboxylic acids is 1. The van der Waals surface area contributed by atoms with E-state index >= 15 is 0 Å². The average Bonchev–Trinajstić information content (AvgIpc) is 1.90. The van der Waals surface area contributed by atoms with Crippen molar-refractivity contribution < 1.29 is 50.4 Å². The van der Waals surface area contributed by atoms with Crippen molar-refractivity contribution in [3.63, 3.8) is 0 Å². The van der Waals surface area contributed by atoms with E-state index < -0.39 is 5.97 Å². The molecule has 1 aromatic rings. The zero-order valence-electron chi connectivity index (χ0n) is 6.57. The van der Waals surface area contributed by atoms with Gasteiger partial charge in [0, 0.05) is 18.0 Å². The molecule has 0 unspecified atom stereocenters. The monoisotopic (exact) mass is 181 g/mol. The smallest absolute Gasteiger partial charge is 0.545 e. The van der Waals surface area contributed by atoms with Gasteiger partial charge in [0.2, 0.25) is 0 Å². The normalized spacial score (nSPS) is 6.67. The molecule has 0 aliphatic rings. The van der Waals surface area contributed by atoms with Crippen LogP contribution >= 0.6 is 0 Å². The van der Waals surface area contributed by atoms with Gasteiger partial charge in [-0.2, -0.15) is 0 Å². The quantitative estimate of drug-likeness (QED) is 0.403. The standard InChI is InChI=1S/C6H5NO2.Na.2H2O/c8-6(9)5-2-1-3-7-4-5;;;/h1-4H,(H,8,9);;2*1H2/q;+1;;/p-1. The van der Waals surface area contributed by atoms with Gasteiger partial charge < -0.3 is 20.9 Å². The summed E-state index contributed by atoms with van der Waals surface area (Å²) in [6.45, 7) is 0. The molecule has 0 atom stereocenters. The Labute approximate surface area is 91.3 Å². The number of carboxylic acid groups (broad SMARTS) is 1. The van der Waals surface area contributed by atoms with E-state index in [2.05, 4.69) is 4.98 Å². The van der Waals surface area contributed by atoms with Crippen LogP contribution in [-0.2, 0) is 0 Å². The van der Waals surface area contributed by atoms with Gasteiger partial charge in [0.05, 0.1) is 5.97 Å². The molecule has 0 fully saturated rings. The summed E-state index contributed by atoms with van der Waals surface area (Å²) in [4.78, 5) is 13.6. The molecule has 0 aliphatic heterocycles. The zero-order chi connectivity index (χ0) is 6.69. The third-order valence-electron chi connectivity index (χ3n) is 0.897. The van der Waals surface area contributed by atoms with Crippen molar-refractivity contribution in [2.75, 3.05) is 0 Å². The molecule has 5 nitrogen and oxygen atoms in total. The summed E-state index contributed by atoms with van der Waals surface area (Å²) in [5, 5.41) is 10.0. The molecule has 0 spiro atoms. The van der Waals surface area contributed by atoms with Gasteiger partial charge in [-0.3, -0.25) is 4.98 Å². The summed E-state index contributed by atoms with van der Waals surface area (Å²) in [5.74, 6) is -1.19. The van der Waals surface area contributed by atoms with E-state index in [1.54, 1.807) is 6.07 Å². The molecule has 4 N–H and O–H groups in total. The Hall–Kier alpha value is -0.460. The van der Waals surface area contributed by atoms with Crippen LogP contribution in [0.4, 0.5) is 0 Å². The maximum atomic E-state index is 10.0. The molecule has 0 saturated carbocycles. The van der Waals surface area contributed by atoms with E-state index in [9.17, 15) is 9.90 Å². The molecule has 0 radical (unpaired) electrons. The van der Waals surface area contributed by atoms with Crippen LogP contribution < -0.4 is 34.7 Å². The number of carboxylic acids is 1. The molecule has 0 bridgehead atoms. The van der Waals surface area contributed by atoms with Crippen LogP contribution in [-0.4, -0.2) is 21.9 Å². The van der Waals surface area contributed by atoms with Crippen LogP contribution in [0.1, 0.15) is 10.4 Å². The number of pyridine rings is 1. The zero-order valence-corrected chi connectivity index (χ0v) is 8.57. The predicted molar refractivity (Wildman–Crippen MR) is 35.8 cm³/mol. The fourth-order valence-electron chi connectivity index (χ4n) is 0.484. The van der Waals surface area contributed by atoms with Gasteiger partial charge in [0.1, 0.15) is 0 Å². The maximum absolute atomic E-state index is 10.0. The van der Waals surface area contributed by atoms with Crippen molar-refractivity contribution in [3.8, 4) is 0 Å². The van der Waals surface area contributed by atoms with E-state index in [1.807, 2.05) is 0 Å². The Balaban J connectivity index is -0.000000270. The minimum atomic E-state index is -1.19. The third-order valence-corrected chi connectivity index (χ3v) is 0.897. The summed E-state index contributed by atoms with van der Waals surface area (Å²) in [6, 6.07) is 2.98. The minimum Gasteiger partial charge on any atom is -0.545 e. The molecule has 62 valence electrons. The Bertz CT molecular complexity index is 216. The molecular formula is C6H8NNaO4. The first-order chi connectivity index (χ1) is 4.30. The molecule has 0 aliphatic carbocycles. The first-order valence-electron chi connectivity index (χ1n) is 2.42. The molecular weight excluding hydrogens is 173 g/mol. The van der Waals surface area contributed by atoms with Crippen molar-refractivity contribution >= 4 is 5.97 Å². The molecule has 12 heavy (non-hydrogen) atoms. The van der Waals surface area contributed by atoms with Crippen molar-refractivity contribution in [1.82, 2.24) is 4.98 Å². The summed E-state index contributed by atoms with van der Waals surface area (Å²) in [7, 11) is 0. The second-order valence-electron chi connectivity index (χ2n) is 1.53. The van der Waals surface area contributed by atoms with Gasteiger partial charge in [0.15, 0.2) is 0 Å². The Kier molecular flexibility index (Phi) is 12.6. The van der Waals surface area contributed by atoms with Crippen LogP contribution in [0.3, 0.4) is 0 Å². The molecule has 0 aromatic carbocycles. The number of rotatable bonds is 1. The molecule has 0 saturated heterocycles. The Morgan fingerprint density at radius 3 is 2.25 bits per heavy atom. The summed E-state index contributed by atoms with van der Waals surface area (Å²) < 4.78 is 0. The van der Waals surface area contributed by atoms with Crippen molar-refractivity contribution in [1.29, 1.82) is 0 Å². The summed E-state index contributed by atoms with van der Waals surface area (Å²) >= 11 is 0. The van der Waals surface area contributed by atoms with Gasteiger partial charge in [-0.1, -0.05) is 6.07 Å². The SMILES string of the molecule is O.O.O=C([O-])c1cccnc1.[Na+]. The first-order valence-corrected chi connectivity index (χ1v) is 2.42. The van der Waals surface area contributed by atoms with Gasteiger partial charge in [-0.25, -0.2) is 0 Å².